The molecular weight excluding hydrogens is 258 g/mol. The molecule has 1 N–H and O–H groups in total. The summed E-state index contributed by atoms with van der Waals surface area (Å²) < 4.78 is 5.61. The Morgan fingerprint density at radius 3 is 2.88 bits per heavy atom. The van der Waals surface area contributed by atoms with Crippen molar-refractivity contribution in [2.45, 2.75) is 13.5 Å². The minimum Gasteiger partial charge on any atom is -0.486 e. The smallest absolute Gasteiger partial charge is 0.205 e. The minimum atomic E-state index is 0.417. The van der Waals surface area contributed by atoms with E-state index in [4.69, 9.17) is 16.3 Å². The molecule has 0 fully saturated rings. The van der Waals surface area contributed by atoms with E-state index in [2.05, 4.69) is 15.5 Å². The van der Waals surface area contributed by atoms with E-state index in [-0.39, 0.29) is 0 Å². The van der Waals surface area contributed by atoms with E-state index < -0.39 is 0 Å². The standard InChI is InChI=1S/C11H12ClN3OS/c1-7-5-8(3-4-9(7)12)16-6-10-14-15-11(13-2)17-10/h3-5H,6H2,1-2H3,(H,13,15). The number of hydrogen-bond donors (Lipinski definition) is 1. The maximum atomic E-state index is 5.94. The average molecular weight is 270 g/mol. The summed E-state index contributed by atoms with van der Waals surface area (Å²) in [5, 5.41) is 13.2. The lowest BCUT2D eigenvalue weighted by Crippen LogP contribution is -1.95. The fourth-order valence-corrected chi connectivity index (χ4v) is 1.99. The van der Waals surface area contributed by atoms with Crippen LogP contribution < -0.4 is 10.1 Å². The number of ether oxygens (including phenoxy) is 1. The molecular formula is C11H12ClN3OS. The molecule has 0 spiro atoms. The Bertz CT molecular complexity index is 515. The van der Waals surface area contributed by atoms with Crippen LogP contribution in [-0.2, 0) is 6.61 Å². The highest BCUT2D eigenvalue weighted by atomic mass is 35.5. The lowest BCUT2D eigenvalue weighted by molar-refractivity contribution is 0.304. The van der Waals surface area contributed by atoms with Crippen LogP contribution in [-0.4, -0.2) is 17.2 Å². The number of halogens is 1. The molecule has 1 aromatic carbocycles. The number of nitrogens with zero attached hydrogens (tertiary/aromatic N) is 2. The molecule has 0 aliphatic carbocycles. The molecule has 0 aliphatic rings. The Morgan fingerprint density at radius 2 is 2.24 bits per heavy atom. The highest BCUT2D eigenvalue weighted by molar-refractivity contribution is 7.15. The lowest BCUT2D eigenvalue weighted by atomic mass is 10.2. The van der Waals surface area contributed by atoms with Gasteiger partial charge in [0.15, 0.2) is 5.01 Å². The molecule has 0 atom stereocenters. The van der Waals surface area contributed by atoms with Crippen LogP contribution in [0.2, 0.25) is 5.02 Å². The van der Waals surface area contributed by atoms with Crippen LogP contribution in [0.4, 0.5) is 5.13 Å². The number of aryl methyl sites for hydroxylation is 1. The molecule has 90 valence electrons. The van der Waals surface area contributed by atoms with Crippen molar-refractivity contribution in [1.82, 2.24) is 10.2 Å². The van der Waals surface area contributed by atoms with Crippen LogP contribution in [0.5, 0.6) is 5.75 Å². The molecule has 0 bridgehead atoms. The molecule has 2 rings (SSSR count). The third kappa shape index (κ3) is 3.08. The van der Waals surface area contributed by atoms with Gasteiger partial charge < -0.3 is 10.1 Å². The Hall–Kier alpha value is -1.33. The maximum absolute atomic E-state index is 5.94. The van der Waals surface area contributed by atoms with Gasteiger partial charge >= 0.3 is 0 Å². The average Bonchev–Trinajstić information content (AvgIpc) is 2.79. The second-order valence-corrected chi connectivity index (χ2v) is 4.92. The van der Waals surface area contributed by atoms with E-state index >= 15 is 0 Å². The molecule has 1 heterocycles. The monoisotopic (exact) mass is 269 g/mol. The van der Waals surface area contributed by atoms with Gasteiger partial charge in [-0.3, -0.25) is 0 Å². The first-order valence-corrected chi connectivity index (χ1v) is 6.27. The summed E-state index contributed by atoms with van der Waals surface area (Å²) >= 11 is 7.41. The fraction of sp³-hybridized carbons (Fsp3) is 0.273. The van der Waals surface area contributed by atoms with Crippen LogP contribution in [0.25, 0.3) is 0 Å². The van der Waals surface area contributed by atoms with Crippen LogP contribution >= 0.6 is 22.9 Å². The highest BCUT2D eigenvalue weighted by Gasteiger charge is 2.04. The van der Waals surface area contributed by atoms with Gasteiger partial charge in [-0.15, -0.1) is 10.2 Å². The first kappa shape index (κ1) is 12.1. The van der Waals surface area contributed by atoms with Crippen LogP contribution in [0.1, 0.15) is 10.6 Å². The molecule has 0 aliphatic heterocycles. The van der Waals surface area contributed by atoms with Gasteiger partial charge in [0.25, 0.3) is 0 Å². The van der Waals surface area contributed by atoms with Crippen molar-refractivity contribution < 1.29 is 4.74 Å². The fourth-order valence-electron chi connectivity index (χ4n) is 1.26. The maximum Gasteiger partial charge on any atom is 0.205 e. The van der Waals surface area contributed by atoms with Gasteiger partial charge in [-0.05, 0) is 30.7 Å². The number of benzene rings is 1. The normalized spacial score (nSPS) is 10.3. The SMILES string of the molecule is CNc1nnc(COc2ccc(Cl)c(C)c2)s1. The second kappa shape index (κ2) is 5.33. The zero-order valence-electron chi connectivity index (χ0n) is 9.53. The predicted molar refractivity (Wildman–Crippen MR) is 70.0 cm³/mol. The number of nitrogens with one attached hydrogen (secondary N) is 1. The minimum absolute atomic E-state index is 0.417. The molecule has 0 unspecified atom stereocenters. The van der Waals surface area contributed by atoms with E-state index in [1.54, 1.807) is 0 Å². The van der Waals surface area contributed by atoms with E-state index in [1.165, 1.54) is 11.3 Å². The Labute approximate surface area is 109 Å². The van der Waals surface area contributed by atoms with Crippen molar-refractivity contribution in [3.63, 3.8) is 0 Å². The van der Waals surface area contributed by atoms with E-state index in [0.717, 1.165) is 26.5 Å². The third-order valence-corrected chi connectivity index (χ3v) is 3.51. The van der Waals surface area contributed by atoms with Gasteiger partial charge in [-0.2, -0.15) is 0 Å². The molecule has 0 amide bonds. The molecule has 0 saturated carbocycles. The molecule has 1 aromatic heterocycles. The van der Waals surface area contributed by atoms with Gasteiger partial charge in [0, 0.05) is 12.1 Å². The number of rotatable bonds is 4. The molecule has 6 heteroatoms. The van der Waals surface area contributed by atoms with Gasteiger partial charge in [0.1, 0.15) is 12.4 Å². The van der Waals surface area contributed by atoms with Crippen LogP contribution in [0.15, 0.2) is 18.2 Å². The van der Waals surface area contributed by atoms with Crippen molar-refractivity contribution >= 4 is 28.1 Å². The molecule has 0 saturated heterocycles. The highest BCUT2D eigenvalue weighted by Crippen LogP contribution is 2.22. The van der Waals surface area contributed by atoms with E-state index in [1.807, 2.05) is 32.2 Å². The largest absolute Gasteiger partial charge is 0.486 e. The van der Waals surface area contributed by atoms with Gasteiger partial charge in [0.05, 0.1) is 0 Å². The second-order valence-electron chi connectivity index (χ2n) is 3.45. The zero-order chi connectivity index (χ0) is 12.3. The van der Waals surface area contributed by atoms with Gasteiger partial charge in [-0.25, -0.2) is 0 Å². The molecule has 4 nitrogen and oxygen atoms in total. The van der Waals surface area contributed by atoms with Gasteiger partial charge in [0.2, 0.25) is 5.13 Å². The van der Waals surface area contributed by atoms with Crippen molar-refractivity contribution in [3.8, 4) is 5.75 Å². The molecule has 0 radical (unpaired) electrons. The van der Waals surface area contributed by atoms with Crippen molar-refractivity contribution in [1.29, 1.82) is 0 Å². The summed E-state index contributed by atoms with van der Waals surface area (Å²) in [6, 6.07) is 5.57. The van der Waals surface area contributed by atoms with Crippen molar-refractivity contribution in [2.24, 2.45) is 0 Å². The van der Waals surface area contributed by atoms with Gasteiger partial charge in [-0.1, -0.05) is 22.9 Å². The third-order valence-electron chi connectivity index (χ3n) is 2.17. The topological polar surface area (TPSA) is 47.0 Å². The number of anilines is 1. The molecule has 2 aromatic rings. The van der Waals surface area contributed by atoms with Crippen LogP contribution in [0, 0.1) is 6.92 Å². The Balaban J connectivity index is 1.99. The molecule has 17 heavy (non-hydrogen) atoms. The summed E-state index contributed by atoms with van der Waals surface area (Å²) in [5.41, 5.74) is 0.998. The first-order chi connectivity index (χ1) is 8.19. The van der Waals surface area contributed by atoms with Crippen molar-refractivity contribution in [2.75, 3.05) is 12.4 Å². The summed E-state index contributed by atoms with van der Waals surface area (Å²) in [4.78, 5) is 0. The van der Waals surface area contributed by atoms with Crippen molar-refractivity contribution in [3.05, 3.63) is 33.8 Å². The number of hydrogen-bond acceptors (Lipinski definition) is 5. The summed E-state index contributed by atoms with van der Waals surface area (Å²) in [6.07, 6.45) is 0. The lowest BCUT2D eigenvalue weighted by Gasteiger charge is -2.05. The summed E-state index contributed by atoms with van der Waals surface area (Å²) in [5.74, 6) is 0.785. The summed E-state index contributed by atoms with van der Waals surface area (Å²) in [6.45, 7) is 2.36. The van der Waals surface area contributed by atoms with E-state index in [9.17, 15) is 0 Å². The first-order valence-electron chi connectivity index (χ1n) is 5.08. The van der Waals surface area contributed by atoms with E-state index in [0.29, 0.717) is 6.61 Å². The summed E-state index contributed by atoms with van der Waals surface area (Å²) in [7, 11) is 1.81. The zero-order valence-corrected chi connectivity index (χ0v) is 11.1. The van der Waals surface area contributed by atoms with Crippen LogP contribution in [0.3, 0.4) is 0 Å². The number of aromatic nitrogens is 2. The Kier molecular flexibility index (Phi) is 3.81. The Morgan fingerprint density at radius 1 is 1.41 bits per heavy atom. The predicted octanol–water partition coefficient (Wildman–Crippen LogP) is 3.12. The quantitative estimate of drug-likeness (QED) is 0.926.